The topological polar surface area (TPSA) is 26.0 Å². The molecule has 10 heavy (non-hydrogen) atoms. The first kappa shape index (κ1) is 10.2. The third kappa shape index (κ3) is 2.47. The van der Waals surface area contributed by atoms with Crippen molar-refractivity contribution in [2.24, 2.45) is 17.1 Å². The van der Waals surface area contributed by atoms with Crippen LogP contribution in [-0.2, 0) is 0 Å². The summed E-state index contributed by atoms with van der Waals surface area (Å²) in [5.74, 6) is 0.838. The van der Waals surface area contributed by atoms with Crippen molar-refractivity contribution in [1.82, 2.24) is 0 Å². The fraction of sp³-hybridized carbons (Fsp3) is 1.00. The molecular formula is C8H18ClN. The zero-order valence-electron chi connectivity index (χ0n) is 7.05. The predicted octanol–water partition coefficient (Wildman–Crippen LogP) is 2.19. The van der Waals surface area contributed by atoms with Crippen molar-refractivity contribution >= 4 is 12.4 Å². The largest absolute Gasteiger partial charge is 0.327 e. The van der Waals surface area contributed by atoms with Crippen molar-refractivity contribution < 1.29 is 0 Å². The van der Waals surface area contributed by atoms with E-state index in [0.29, 0.717) is 11.5 Å². The van der Waals surface area contributed by atoms with Crippen LogP contribution in [0.25, 0.3) is 0 Å². The lowest BCUT2D eigenvalue weighted by atomic mass is 9.84. The van der Waals surface area contributed by atoms with Gasteiger partial charge in [-0.15, -0.1) is 12.4 Å². The fourth-order valence-electron chi connectivity index (χ4n) is 1.16. The molecule has 0 aromatic carbocycles. The van der Waals surface area contributed by atoms with E-state index >= 15 is 0 Å². The van der Waals surface area contributed by atoms with Gasteiger partial charge in [-0.25, -0.2) is 0 Å². The van der Waals surface area contributed by atoms with Crippen LogP contribution in [0.4, 0.5) is 0 Å². The Morgan fingerprint density at radius 1 is 1.30 bits per heavy atom. The molecule has 1 rings (SSSR count). The van der Waals surface area contributed by atoms with Crippen LogP contribution >= 0.6 is 12.4 Å². The second kappa shape index (κ2) is 3.10. The molecule has 0 saturated heterocycles. The third-order valence-corrected chi connectivity index (χ3v) is 2.13. The molecule has 1 saturated carbocycles. The lowest BCUT2D eigenvalue weighted by Gasteiger charge is -2.26. The van der Waals surface area contributed by atoms with E-state index in [1.165, 1.54) is 12.8 Å². The van der Waals surface area contributed by atoms with Gasteiger partial charge < -0.3 is 5.73 Å². The lowest BCUT2D eigenvalue weighted by Crippen LogP contribution is -2.36. The van der Waals surface area contributed by atoms with E-state index in [1.807, 2.05) is 0 Å². The number of rotatable bonds is 1. The third-order valence-electron chi connectivity index (χ3n) is 2.13. The highest BCUT2D eigenvalue weighted by Crippen LogP contribution is 2.38. The van der Waals surface area contributed by atoms with Gasteiger partial charge in [-0.1, -0.05) is 20.8 Å². The Bertz CT molecular complexity index is 102. The van der Waals surface area contributed by atoms with Gasteiger partial charge in [0.2, 0.25) is 0 Å². The standard InChI is InChI=1S/C8H17N.ClH/c1-8(2,3)7(9)6-4-5-6;/h6-7H,4-5,9H2,1-3H3;1H. The van der Waals surface area contributed by atoms with Crippen molar-refractivity contribution in [1.29, 1.82) is 0 Å². The molecule has 2 N–H and O–H groups in total. The molecule has 0 amide bonds. The van der Waals surface area contributed by atoms with Gasteiger partial charge in [0.1, 0.15) is 0 Å². The van der Waals surface area contributed by atoms with Gasteiger partial charge in [0.25, 0.3) is 0 Å². The summed E-state index contributed by atoms with van der Waals surface area (Å²) < 4.78 is 0. The Morgan fingerprint density at radius 3 is 1.80 bits per heavy atom. The van der Waals surface area contributed by atoms with Gasteiger partial charge in [-0.3, -0.25) is 0 Å². The van der Waals surface area contributed by atoms with Crippen molar-refractivity contribution in [2.75, 3.05) is 0 Å². The van der Waals surface area contributed by atoms with Crippen LogP contribution in [0.3, 0.4) is 0 Å². The molecule has 1 unspecified atom stereocenters. The van der Waals surface area contributed by atoms with E-state index in [9.17, 15) is 0 Å². The quantitative estimate of drug-likeness (QED) is 0.630. The Hall–Kier alpha value is 0.250. The van der Waals surface area contributed by atoms with Gasteiger partial charge in [-0.05, 0) is 24.2 Å². The number of nitrogens with two attached hydrogens (primary N) is 1. The maximum Gasteiger partial charge on any atom is 0.0116 e. The molecule has 62 valence electrons. The molecule has 1 nitrogen and oxygen atoms in total. The van der Waals surface area contributed by atoms with Crippen LogP contribution < -0.4 is 5.73 Å². The molecule has 0 radical (unpaired) electrons. The maximum absolute atomic E-state index is 5.96. The van der Waals surface area contributed by atoms with E-state index in [1.54, 1.807) is 0 Å². The van der Waals surface area contributed by atoms with Gasteiger partial charge in [0.05, 0.1) is 0 Å². The minimum absolute atomic E-state index is 0. The summed E-state index contributed by atoms with van der Waals surface area (Å²) in [6.07, 6.45) is 2.72. The van der Waals surface area contributed by atoms with Crippen molar-refractivity contribution in [2.45, 2.75) is 39.7 Å². The van der Waals surface area contributed by atoms with Crippen molar-refractivity contribution in [3.63, 3.8) is 0 Å². The number of hydrogen-bond donors (Lipinski definition) is 1. The Labute approximate surface area is 69.8 Å². The molecule has 0 heterocycles. The summed E-state index contributed by atoms with van der Waals surface area (Å²) in [5.41, 5.74) is 6.28. The summed E-state index contributed by atoms with van der Waals surface area (Å²) >= 11 is 0. The highest BCUT2D eigenvalue weighted by atomic mass is 35.5. The van der Waals surface area contributed by atoms with Crippen LogP contribution in [0, 0.1) is 11.3 Å². The molecule has 1 fully saturated rings. The minimum Gasteiger partial charge on any atom is -0.327 e. The van der Waals surface area contributed by atoms with Gasteiger partial charge >= 0.3 is 0 Å². The van der Waals surface area contributed by atoms with E-state index < -0.39 is 0 Å². The first-order chi connectivity index (χ1) is 4.02. The van der Waals surface area contributed by atoms with Crippen LogP contribution in [0.2, 0.25) is 0 Å². The predicted molar refractivity (Wildman–Crippen MR) is 47.4 cm³/mol. The zero-order valence-corrected chi connectivity index (χ0v) is 7.87. The first-order valence-corrected chi connectivity index (χ1v) is 3.77. The molecule has 0 bridgehead atoms. The summed E-state index contributed by atoms with van der Waals surface area (Å²) in [6.45, 7) is 6.65. The average Bonchev–Trinajstić information content (AvgIpc) is 2.40. The normalized spacial score (nSPS) is 21.6. The van der Waals surface area contributed by atoms with Gasteiger partial charge in [-0.2, -0.15) is 0 Å². The molecule has 2 heteroatoms. The fourth-order valence-corrected chi connectivity index (χ4v) is 1.16. The van der Waals surface area contributed by atoms with Crippen LogP contribution in [0.1, 0.15) is 33.6 Å². The van der Waals surface area contributed by atoms with Crippen LogP contribution in [0.15, 0.2) is 0 Å². The minimum atomic E-state index is 0. The molecule has 1 aliphatic carbocycles. The molecule has 0 aliphatic heterocycles. The number of halogens is 1. The van der Waals surface area contributed by atoms with Crippen LogP contribution in [0.5, 0.6) is 0 Å². The zero-order chi connectivity index (χ0) is 7.07. The van der Waals surface area contributed by atoms with Gasteiger partial charge in [0.15, 0.2) is 0 Å². The van der Waals surface area contributed by atoms with E-state index in [2.05, 4.69) is 20.8 Å². The maximum atomic E-state index is 5.96. The average molecular weight is 164 g/mol. The monoisotopic (exact) mass is 163 g/mol. The Morgan fingerprint density at radius 2 is 1.70 bits per heavy atom. The van der Waals surface area contributed by atoms with Crippen molar-refractivity contribution in [3.05, 3.63) is 0 Å². The Balaban J connectivity index is 0.000000810. The summed E-state index contributed by atoms with van der Waals surface area (Å²) in [6, 6.07) is 0.428. The van der Waals surface area contributed by atoms with E-state index in [-0.39, 0.29) is 12.4 Å². The first-order valence-electron chi connectivity index (χ1n) is 3.77. The molecule has 0 aromatic heterocycles. The highest BCUT2D eigenvalue weighted by molar-refractivity contribution is 5.85. The van der Waals surface area contributed by atoms with E-state index in [0.717, 1.165) is 5.92 Å². The van der Waals surface area contributed by atoms with Crippen LogP contribution in [-0.4, -0.2) is 6.04 Å². The smallest absolute Gasteiger partial charge is 0.0116 e. The van der Waals surface area contributed by atoms with Gasteiger partial charge in [0, 0.05) is 6.04 Å². The van der Waals surface area contributed by atoms with E-state index in [4.69, 9.17) is 5.73 Å². The Kier molecular flexibility index (Phi) is 3.18. The summed E-state index contributed by atoms with van der Waals surface area (Å²) in [5, 5.41) is 0. The molecule has 0 spiro atoms. The molecular weight excluding hydrogens is 146 g/mol. The molecule has 1 atom stereocenters. The highest BCUT2D eigenvalue weighted by Gasteiger charge is 2.35. The molecule has 1 aliphatic rings. The van der Waals surface area contributed by atoms with Crippen molar-refractivity contribution in [3.8, 4) is 0 Å². The summed E-state index contributed by atoms with van der Waals surface area (Å²) in [4.78, 5) is 0. The number of hydrogen-bond acceptors (Lipinski definition) is 1. The SMILES string of the molecule is CC(C)(C)C(N)C1CC1.Cl. The lowest BCUT2D eigenvalue weighted by molar-refractivity contribution is 0.293. The molecule has 0 aromatic rings. The second-order valence-electron chi connectivity index (χ2n) is 4.23. The second-order valence-corrected chi connectivity index (χ2v) is 4.23. The summed E-state index contributed by atoms with van der Waals surface area (Å²) in [7, 11) is 0.